The third-order valence-electron chi connectivity index (χ3n) is 2.95. The first kappa shape index (κ1) is 11.9. The van der Waals surface area contributed by atoms with Gasteiger partial charge < -0.3 is 0 Å². The second-order valence-corrected chi connectivity index (χ2v) is 5.05. The normalized spacial score (nSPS) is 15.7. The van der Waals surface area contributed by atoms with Crippen molar-refractivity contribution in [1.82, 2.24) is 9.88 Å². The van der Waals surface area contributed by atoms with E-state index in [4.69, 9.17) is 11.6 Å². The van der Waals surface area contributed by atoms with Gasteiger partial charge in [-0.05, 0) is 49.4 Å². The van der Waals surface area contributed by atoms with Gasteiger partial charge in [0.2, 0.25) is 0 Å². The van der Waals surface area contributed by atoms with E-state index in [2.05, 4.69) is 22.9 Å². The van der Waals surface area contributed by atoms with Gasteiger partial charge in [-0.25, -0.2) is 4.98 Å². The summed E-state index contributed by atoms with van der Waals surface area (Å²) in [5.74, 6) is 0.948. The molecule has 0 unspecified atom stereocenters. The van der Waals surface area contributed by atoms with Gasteiger partial charge >= 0.3 is 0 Å². The highest BCUT2D eigenvalue weighted by Gasteiger charge is 2.23. The number of pyridine rings is 1. The van der Waals surface area contributed by atoms with Crippen molar-refractivity contribution >= 4 is 11.6 Å². The average molecular weight is 239 g/mol. The van der Waals surface area contributed by atoms with E-state index in [0.717, 1.165) is 12.5 Å². The number of halogens is 1. The summed E-state index contributed by atoms with van der Waals surface area (Å²) < 4.78 is 0. The molecule has 1 aliphatic rings. The Hall–Kier alpha value is -0.600. The molecule has 3 heteroatoms. The molecule has 1 heterocycles. The van der Waals surface area contributed by atoms with Crippen LogP contribution in [0.2, 0.25) is 5.15 Å². The molecule has 88 valence electrons. The van der Waals surface area contributed by atoms with E-state index in [9.17, 15) is 0 Å². The molecule has 1 fully saturated rings. The van der Waals surface area contributed by atoms with E-state index in [1.165, 1.54) is 37.9 Å². The van der Waals surface area contributed by atoms with E-state index in [-0.39, 0.29) is 0 Å². The minimum absolute atomic E-state index is 0.598. The fourth-order valence-electron chi connectivity index (χ4n) is 2.02. The van der Waals surface area contributed by atoms with Crippen LogP contribution < -0.4 is 0 Å². The van der Waals surface area contributed by atoms with Crippen LogP contribution in [0.3, 0.4) is 0 Å². The van der Waals surface area contributed by atoms with Crippen LogP contribution in [0.15, 0.2) is 18.3 Å². The van der Waals surface area contributed by atoms with Crippen LogP contribution in [0, 0.1) is 5.92 Å². The van der Waals surface area contributed by atoms with Gasteiger partial charge in [-0.2, -0.15) is 0 Å². The lowest BCUT2D eigenvalue weighted by atomic mass is 10.2. The molecule has 2 rings (SSSR count). The Bertz CT molecular complexity index is 336. The lowest BCUT2D eigenvalue weighted by Crippen LogP contribution is -2.26. The Morgan fingerprint density at radius 2 is 2.31 bits per heavy atom. The monoisotopic (exact) mass is 238 g/mol. The predicted molar refractivity (Wildman–Crippen MR) is 67.5 cm³/mol. The van der Waals surface area contributed by atoms with Crippen molar-refractivity contribution in [3.05, 3.63) is 29.0 Å². The third-order valence-corrected chi connectivity index (χ3v) is 3.16. The second-order valence-electron chi connectivity index (χ2n) is 4.67. The third kappa shape index (κ3) is 3.76. The van der Waals surface area contributed by atoms with Crippen LogP contribution in [0.1, 0.15) is 31.7 Å². The first-order valence-electron chi connectivity index (χ1n) is 6.10. The maximum absolute atomic E-state index is 5.89. The molecule has 1 saturated carbocycles. The van der Waals surface area contributed by atoms with Crippen LogP contribution in [-0.2, 0) is 6.54 Å². The zero-order chi connectivity index (χ0) is 11.4. The summed E-state index contributed by atoms with van der Waals surface area (Å²) >= 11 is 5.89. The number of rotatable bonds is 6. The zero-order valence-electron chi connectivity index (χ0n) is 9.82. The summed E-state index contributed by atoms with van der Waals surface area (Å²) in [5.41, 5.74) is 1.27. The Balaban J connectivity index is 1.92. The average Bonchev–Trinajstić information content (AvgIpc) is 3.02. The summed E-state index contributed by atoms with van der Waals surface area (Å²) in [6, 6.07) is 4.03. The molecule has 2 nitrogen and oxygen atoms in total. The van der Waals surface area contributed by atoms with Gasteiger partial charge in [-0.15, -0.1) is 0 Å². The highest BCUT2D eigenvalue weighted by molar-refractivity contribution is 6.29. The quantitative estimate of drug-likeness (QED) is 0.707. The molecule has 1 aliphatic carbocycles. The molecule has 0 N–H and O–H groups in total. The topological polar surface area (TPSA) is 16.1 Å². The molecule has 16 heavy (non-hydrogen) atoms. The molecule has 1 aromatic heterocycles. The lowest BCUT2D eigenvalue weighted by Gasteiger charge is -2.21. The molecular weight excluding hydrogens is 220 g/mol. The smallest absolute Gasteiger partial charge is 0.129 e. The van der Waals surface area contributed by atoms with Gasteiger partial charge in [-0.1, -0.05) is 18.5 Å². The Morgan fingerprint density at radius 3 is 2.94 bits per heavy atom. The van der Waals surface area contributed by atoms with Crippen molar-refractivity contribution in [2.75, 3.05) is 13.1 Å². The maximum Gasteiger partial charge on any atom is 0.129 e. The Labute approximate surface area is 103 Å². The van der Waals surface area contributed by atoms with Gasteiger partial charge in [0, 0.05) is 19.3 Å². The number of nitrogens with zero attached hydrogens (tertiary/aromatic N) is 2. The van der Waals surface area contributed by atoms with E-state index < -0.39 is 0 Å². The van der Waals surface area contributed by atoms with Crippen LogP contribution >= 0.6 is 11.6 Å². The molecule has 0 bridgehead atoms. The summed E-state index contributed by atoms with van der Waals surface area (Å²) in [6.45, 7) is 5.66. The summed E-state index contributed by atoms with van der Waals surface area (Å²) in [5, 5.41) is 0.598. The first-order chi connectivity index (χ1) is 7.78. The van der Waals surface area contributed by atoms with E-state index in [1.807, 2.05) is 6.07 Å². The fourth-order valence-corrected chi connectivity index (χ4v) is 2.21. The number of hydrogen-bond donors (Lipinski definition) is 0. The van der Waals surface area contributed by atoms with E-state index in [0.29, 0.717) is 5.15 Å². The van der Waals surface area contributed by atoms with Gasteiger partial charge in [0.15, 0.2) is 0 Å². The largest absolute Gasteiger partial charge is 0.299 e. The minimum Gasteiger partial charge on any atom is -0.299 e. The van der Waals surface area contributed by atoms with Crippen LogP contribution in [0.4, 0.5) is 0 Å². The highest BCUT2D eigenvalue weighted by atomic mass is 35.5. The molecule has 1 aromatic rings. The molecule has 0 aliphatic heterocycles. The summed E-state index contributed by atoms with van der Waals surface area (Å²) in [6.07, 6.45) is 5.83. The highest BCUT2D eigenvalue weighted by Crippen LogP contribution is 2.30. The van der Waals surface area contributed by atoms with Crippen molar-refractivity contribution in [3.8, 4) is 0 Å². The SMILES string of the molecule is CCCN(Cc1ccnc(Cl)c1)CC1CC1. The van der Waals surface area contributed by atoms with Crippen LogP contribution in [0.5, 0.6) is 0 Å². The minimum atomic E-state index is 0.598. The van der Waals surface area contributed by atoms with Crippen molar-refractivity contribution in [2.45, 2.75) is 32.7 Å². The van der Waals surface area contributed by atoms with Crippen LogP contribution in [-0.4, -0.2) is 23.0 Å². The maximum atomic E-state index is 5.89. The van der Waals surface area contributed by atoms with E-state index in [1.54, 1.807) is 6.20 Å². The lowest BCUT2D eigenvalue weighted by molar-refractivity contribution is 0.255. The summed E-state index contributed by atoms with van der Waals surface area (Å²) in [7, 11) is 0. The molecular formula is C13H19ClN2. The molecule has 0 amide bonds. The van der Waals surface area contributed by atoms with Crippen molar-refractivity contribution < 1.29 is 0 Å². The van der Waals surface area contributed by atoms with Gasteiger partial charge in [-0.3, -0.25) is 4.90 Å². The van der Waals surface area contributed by atoms with Gasteiger partial charge in [0.25, 0.3) is 0 Å². The fraction of sp³-hybridized carbons (Fsp3) is 0.615. The van der Waals surface area contributed by atoms with Gasteiger partial charge in [0.1, 0.15) is 5.15 Å². The standard InChI is InChI=1S/C13H19ClN2/c1-2-7-16(9-11-3-4-11)10-12-5-6-15-13(14)8-12/h5-6,8,11H,2-4,7,9-10H2,1H3. The molecule has 0 radical (unpaired) electrons. The van der Waals surface area contributed by atoms with E-state index >= 15 is 0 Å². The molecule has 0 saturated heterocycles. The van der Waals surface area contributed by atoms with Gasteiger partial charge in [0.05, 0.1) is 0 Å². The zero-order valence-corrected chi connectivity index (χ0v) is 10.6. The molecule has 0 spiro atoms. The molecule has 0 atom stereocenters. The number of aromatic nitrogens is 1. The van der Waals surface area contributed by atoms with Crippen molar-refractivity contribution in [3.63, 3.8) is 0 Å². The molecule has 0 aromatic carbocycles. The number of hydrogen-bond acceptors (Lipinski definition) is 2. The predicted octanol–water partition coefficient (Wildman–Crippen LogP) is 3.36. The van der Waals surface area contributed by atoms with Crippen LogP contribution in [0.25, 0.3) is 0 Å². The van der Waals surface area contributed by atoms with Crippen molar-refractivity contribution in [2.24, 2.45) is 5.92 Å². The second kappa shape index (κ2) is 5.65. The first-order valence-corrected chi connectivity index (χ1v) is 6.48. The summed E-state index contributed by atoms with van der Waals surface area (Å²) in [4.78, 5) is 6.54. The Morgan fingerprint density at radius 1 is 1.50 bits per heavy atom. The van der Waals surface area contributed by atoms with Crippen molar-refractivity contribution in [1.29, 1.82) is 0 Å². The Kier molecular flexibility index (Phi) is 4.19.